The highest BCUT2D eigenvalue weighted by Gasteiger charge is 2.68. The number of carbonyl (C=O) groups excluding carboxylic acids is 2. The molecule has 14 heteroatoms. The highest BCUT2D eigenvalue weighted by Crippen LogP contribution is 2.54. The maximum absolute atomic E-state index is 14.2. The normalized spacial score (nSPS) is 47.7. The molecular weight excluding hydrogens is 762 g/mol. The van der Waals surface area contributed by atoms with Crippen LogP contribution in [0.3, 0.4) is 0 Å². The molecule has 0 radical (unpaired) electrons. The third kappa shape index (κ3) is 8.71. The quantitative estimate of drug-likeness (QED) is 0.357. The minimum absolute atomic E-state index is 0.000416. The fraction of sp³-hybridized carbons (Fsp3) is 0.867. The fourth-order valence-corrected chi connectivity index (χ4v) is 11.8. The molecule has 59 heavy (non-hydrogen) atoms. The molecule has 14 nitrogen and oxygen atoms in total. The van der Waals surface area contributed by atoms with Crippen molar-refractivity contribution in [2.75, 3.05) is 13.7 Å². The first-order chi connectivity index (χ1) is 28.1. The standard InChI is InChI=1S/C45H67NO13/c1-22-14-27-8-10-31-23(2)15-29(51-31)12-13-45-20-36-39(57-45)40-41(56-36)42(58-45)38-32(55-40)11-9-28(53-38)16-25(47)17-30-34(19-33(52-27)24(22)3)54-35(37(30)50-7)18-26(48)21-46-43(49)59-44(4,5)6/h22,26-42,48H,2-3,8-21H2,1,4-7H3,(H,46,49)/t22-,26+,27+,28-,29+,30+,31+,32?,33-,34+,35-,36-,37-,38+,39+,40+,41?,42+,45?/m1/s1. The predicted molar refractivity (Wildman–Crippen MR) is 211 cm³/mol. The molecule has 330 valence electrons. The van der Waals surface area contributed by atoms with Crippen LogP contribution in [0.25, 0.3) is 0 Å². The number of aliphatic hydroxyl groups excluding tert-OH is 1. The van der Waals surface area contributed by atoms with Gasteiger partial charge in [0, 0.05) is 58.1 Å². The number of Topliss-reactive ketones (excluding diaryl/α,β-unsaturated/α-hetero) is 1. The number of aliphatic hydroxyl groups is 1. The summed E-state index contributed by atoms with van der Waals surface area (Å²) in [5.41, 5.74) is 1.48. The molecule has 12 bridgehead atoms. The molecule has 0 aliphatic carbocycles. The Kier molecular flexibility index (Phi) is 11.9. The van der Waals surface area contributed by atoms with Gasteiger partial charge in [-0.15, -0.1) is 0 Å². The van der Waals surface area contributed by atoms with Crippen LogP contribution < -0.4 is 5.32 Å². The van der Waals surface area contributed by atoms with Crippen molar-refractivity contribution in [3.8, 4) is 0 Å². The number of fused-ring (bicyclic) bond motifs is 6. The second-order valence-corrected chi connectivity index (χ2v) is 20.1. The summed E-state index contributed by atoms with van der Waals surface area (Å²) in [5.74, 6) is -0.821. The summed E-state index contributed by atoms with van der Waals surface area (Å²) < 4.78 is 65.7. The smallest absolute Gasteiger partial charge is 0.407 e. The average molecular weight is 830 g/mol. The highest BCUT2D eigenvalue weighted by molar-refractivity contribution is 5.79. The number of methoxy groups -OCH3 is 1. The molecule has 0 aromatic rings. The number of nitrogens with one attached hydrogen (secondary N) is 1. The van der Waals surface area contributed by atoms with Gasteiger partial charge in [-0.05, 0) is 82.8 Å². The predicted octanol–water partition coefficient (Wildman–Crippen LogP) is 5.00. The molecule has 3 unspecified atom stereocenters. The molecule has 0 saturated carbocycles. The third-order valence-corrected chi connectivity index (χ3v) is 14.6. The van der Waals surface area contributed by atoms with Gasteiger partial charge in [0.05, 0.1) is 67.1 Å². The van der Waals surface area contributed by atoms with Crippen molar-refractivity contribution in [1.82, 2.24) is 5.32 Å². The molecule has 19 atom stereocenters. The summed E-state index contributed by atoms with van der Waals surface area (Å²) in [6.45, 7) is 16.5. The molecule has 10 rings (SSSR count). The maximum Gasteiger partial charge on any atom is 0.407 e. The average Bonchev–Trinajstić information content (AvgIpc) is 3.85. The molecule has 0 aromatic heterocycles. The van der Waals surface area contributed by atoms with E-state index in [1.807, 2.05) is 0 Å². The number of hydrogen-bond acceptors (Lipinski definition) is 13. The van der Waals surface area contributed by atoms with E-state index in [0.29, 0.717) is 25.7 Å². The van der Waals surface area contributed by atoms with E-state index >= 15 is 0 Å². The van der Waals surface area contributed by atoms with Gasteiger partial charge >= 0.3 is 6.09 Å². The number of carbonyl (C=O) groups is 2. The minimum atomic E-state index is -0.935. The number of alkyl carbamates (subject to hydrolysis) is 1. The molecule has 0 aromatic carbocycles. The Hall–Kier alpha value is -1.98. The Morgan fingerprint density at radius 1 is 0.831 bits per heavy atom. The molecule has 1 spiro atoms. The van der Waals surface area contributed by atoms with Gasteiger partial charge < -0.3 is 57.8 Å². The van der Waals surface area contributed by atoms with Crippen LogP contribution in [0.1, 0.15) is 111 Å². The summed E-state index contributed by atoms with van der Waals surface area (Å²) in [6, 6.07) is 0. The van der Waals surface area contributed by atoms with Gasteiger partial charge in [0.15, 0.2) is 5.79 Å². The highest BCUT2D eigenvalue weighted by atomic mass is 16.8. The largest absolute Gasteiger partial charge is 0.444 e. The van der Waals surface area contributed by atoms with Crippen LogP contribution in [0.2, 0.25) is 0 Å². The van der Waals surface area contributed by atoms with Gasteiger partial charge in [0.25, 0.3) is 0 Å². The summed E-state index contributed by atoms with van der Waals surface area (Å²) in [4.78, 5) is 26.6. The van der Waals surface area contributed by atoms with Crippen LogP contribution in [0.4, 0.5) is 4.79 Å². The van der Waals surface area contributed by atoms with Gasteiger partial charge in [-0.3, -0.25) is 4.79 Å². The van der Waals surface area contributed by atoms with Crippen LogP contribution in [0.5, 0.6) is 0 Å². The first kappa shape index (κ1) is 42.3. The molecule has 1 amide bonds. The number of ketones is 1. The first-order valence-electron chi connectivity index (χ1n) is 22.5. The van der Waals surface area contributed by atoms with Crippen LogP contribution in [-0.4, -0.2) is 140 Å². The zero-order valence-corrected chi connectivity index (χ0v) is 35.6. The Morgan fingerprint density at radius 3 is 2.36 bits per heavy atom. The summed E-state index contributed by atoms with van der Waals surface area (Å²) in [5, 5.41) is 13.8. The molecule has 10 aliphatic rings. The van der Waals surface area contributed by atoms with E-state index in [1.165, 1.54) is 0 Å². The van der Waals surface area contributed by atoms with E-state index in [-0.39, 0.29) is 117 Å². The lowest BCUT2D eigenvalue weighted by atomic mass is 9.81. The summed E-state index contributed by atoms with van der Waals surface area (Å²) in [6.07, 6.45) is 2.78. The minimum Gasteiger partial charge on any atom is -0.444 e. The van der Waals surface area contributed by atoms with E-state index in [2.05, 4.69) is 25.4 Å². The number of hydrogen-bond donors (Lipinski definition) is 2. The molecule has 10 heterocycles. The Bertz CT molecular complexity index is 1600. The van der Waals surface area contributed by atoms with E-state index in [9.17, 15) is 14.7 Å². The van der Waals surface area contributed by atoms with Crippen LogP contribution >= 0.6 is 0 Å². The second kappa shape index (κ2) is 16.6. The maximum atomic E-state index is 14.2. The van der Waals surface area contributed by atoms with Crippen molar-refractivity contribution in [2.45, 2.75) is 220 Å². The fourth-order valence-electron chi connectivity index (χ4n) is 11.8. The SMILES string of the molecule is C=C1C[C@@H]2CCC34C[C@H]5OC6[C@@H](OC7CC[C@H](CC(=O)C[C@@H]8[C@@H](OC)[C@@H](C[C@H](O)CNC(=O)OC(C)(C)C)O[C@H]8C[C@H]8O[C@@H](CC[C@@H]1O2)C[C@@H](C)C8=C)O[C@@H]7[C@@H]6O3)[C@H]5O4. The van der Waals surface area contributed by atoms with Gasteiger partial charge in [-0.25, -0.2) is 4.79 Å². The van der Waals surface area contributed by atoms with E-state index in [0.717, 1.165) is 49.7 Å². The zero-order valence-electron chi connectivity index (χ0n) is 35.6. The molecule has 10 fully saturated rings. The van der Waals surface area contributed by atoms with Gasteiger partial charge in [0.2, 0.25) is 0 Å². The second-order valence-electron chi connectivity index (χ2n) is 20.1. The van der Waals surface area contributed by atoms with Gasteiger partial charge in [-0.1, -0.05) is 20.1 Å². The first-order valence-corrected chi connectivity index (χ1v) is 22.5. The molecule has 10 aliphatic heterocycles. The van der Waals surface area contributed by atoms with Crippen molar-refractivity contribution in [1.29, 1.82) is 0 Å². The molecular formula is C45H67NO13. The van der Waals surface area contributed by atoms with Gasteiger partial charge in [0.1, 0.15) is 41.9 Å². The third-order valence-electron chi connectivity index (χ3n) is 14.6. The Morgan fingerprint density at radius 2 is 1.56 bits per heavy atom. The van der Waals surface area contributed by atoms with Crippen molar-refractivity contribution < 1.29 is 62.1 Å². The summed E-state index contributed by atoms with van der Waals surface area (Å²) in [7, 11) is 1.63. The van der Waals surface area contributed by atoms with E-state index in [1.54, 1.807) is 27.9 Å². The topological polar surface area (TPSA) is 159 Å². The van der Waals surface area contributed by atoms with Crippen LogP contribution in [-0.2, 0) is 52.2 Å². The van der Waals surface area contributed by atoms with Crippen molar-refractivity contribution in [3.05, 3.63) is 24.3 Å². The molecule has 10 saturated heterocycles. The van der Waals surface area contributed by atoms with Crippen molar-refractivity contribution in [3.63, 3.8) is 0 Å². The van der Waals surface area contributed by atoms with E-state index in [4.69, 9.17) is 47.4 Å². The lowest BCUT2D eigenvalue weighted by Crippen LogP contribution is -2.61. The van der Waals surface area contributed by atoms with Crippen LogP contribution in [0, 0.1) is 11.8 Å². The number of ether oxygens (including phenoxy) is 10. The lowest BCUT2D eigenvalue weighted by Gasteiger charge is -2.47. The van der Waals surface area contributed by atoms with Gasteiger partial charge in [-0.2, -0.15) is 0 Å². The molecule has 2 N–H and O–H groups in total. The lowest BCUT2D eigenvalue weighted by molar-refractivity contribution is -0.292. The van der Waals surface area contributed by atoms with E-state index < -0.39 is 41.9 Å². The number of amides is 1. The zero-order chi connectivity index (χ0) is 41.4. The number of rotatable bonds is 5. The monoisotopic (exact) mass is 829 g/mol. The van der Waals surface area contributed by atoms with Crippen molar-refractivity contribution in [2.24, 2.45) is 11.8 Å². The van der Waals surface area contributed by atoms with Crippen molar-refractivity contribution >= 4 is 11.9 Å². The summed E-state index contributed by atoms with van der Waals surface area (Å²) >= 11 is 0. The Balaban J connectivity index is 0.955. The van der Waals surface area contributed by atoms with Crippen LogP contribution in [0.15, 0.2) is 24.3 Å². The Labute approximate surface area is 348 Å².